The van der Waals surface area contributed by atoms with E-state index in [2.05, 4.69) is 10.3 Å². The number of esters is 1. The van der Waals surface area contributed by atoms with E-state index in [1.165, 1.54) is 16.7 Å². The number of aromatic nitrogens is 2. The predicted molar refractivity (Wildman–Crippen MR) is 88.5 cm³/mol. The molecule has 0 radical (unpaired) electrons. The van der Waals surface area contributed by atoms with Crippen molar-refractivity contribution in [2.24, 2.45) is 0 Å². The van der Waals surface area contributed by atoms with Gasteiger partial charge < -0.3 is 14.6 Å². The summed E-state index contributed by atoms with van der Waals surface area (Å²) >= 11 is 0. The Kier molecular flexibility index (Phi) is 3.99. The van der Waals surface area contributed by atoms with Crippen LogP contribution in [-0.2, 0) is 16.9 Å². The predicted octanol–water partition coefficient (Wildman–Crippen LogP) is 1.67. The van der Waals surface area contributed by atoms with Gasteiger partial charge in [-0.25, -0.2) is 9.78 Å². The monoisotopic (exact) mass is 344 g/mol. The maximum atomic E-state index is 12.5. The Bertz CT molecular complexity index is 902. The number of nitro groups is 1. The lowest BCUT2D eigenvalue weighted by Gasteiger charge is -2.17. The lowest BCUT2D eigenvalue weighted by atomic mass is 9.98. The second-order valence-electron chi connectivity index (χ2n) is 6.09. The number of hydrogen-bond acceptors (Lipinski definition) is 7. The van der Waals surface area contributed by atoms with Crippen LogP contribution in [0.25, 0.3) is 0 Å². The van der Waals surface area contributed by atoms with Crippen molar-refractivity contribution >= 4 is 17.5 Å². The first-order valence-corrected chi connectivity index (χ1v) is 7.61. The molecule has 0 aliphatic carbocycles. The Morgan fingerprint density at radius 1 is 1.32 bits per heavy atom. The second-order valence-corrected chi connectivity index (χ2v) is 6.09. The van der Waals surface area contributed by atoms with Gasteiger partial charge in [0.1, 0.15) is 23.2 Å². The fourth-order valence-corrected chi connectivity index (χ4v) is 2.69. The number of nitrogens with zero attached hydrogens (tertiary/aromatic N) is 3. The minimum Gasteiger partial charge on any atom is -0.451 e. The Balaban J connectivity index is 1.71. The van der Waals surface area contributed by atoms with E-state index in [1.807, 2.05) is 0 Å². The highest BCUT2D eigenvalue weighted by atomic mass is 16.6. The van der Waals surface area contributed by atoms with Crippen LogP contribution in [-0.4, -0.2) is 27.0 Å². The largest absolute Gasteiger partial charge is 0.451 e. The molecule has 2 aromatic heterocycles. The molecule has 2 aromatic rings. The molecule has 0 fully saturated rings. The normalized spacial score (nSPS) is 14.7. The molecule has 0 unspecified atom stereocenters. The van der Waals surface area contributed by atoms with Gasteiger partial charge in [-0.3, -0.25) is 14.9 Å². The summed E-state index contributed by atoms with van der Waals surface area (Å²) in [4.78, 5) is 38.4. The molecular weight excluding hydrogens is 328 g/mol. The van der Waals surface area contributed by atoms with E-state index in [9.17, 15) is 19.7 Å². The summed E-state index contributed by atoms with van der Waals surface area (Å²) in [5.41, 5.74) is -0.635. The minimum absolute atomic E-state index is 0.0703. The first-order valence-electron chi connectivity index (χ1n) is 7.61. The smallest absolute Gasteiger partial charge is 0.345 e. The van der Waals surface area contributed by atoms with Gasteiger partial charge in [-0.1, -0.05) is 0 Å². The number of cyclic esters (lactones) is 1. The van der Waals surface area contributed by atoms with Crippen LogP contribution in [0.1, 0.15) is 29.8 Å². The zero-order valence-corrected chi connectivity index (χ0v) is 13.7. The molecule has 1 aliphatic heterocycles. The topological polar surface area (TPSA) is 116 Å². The first-order chi connectivity index (χ1) is 11.8. The van der Waals surface area contributed by atoms with Gasteiger partial charge in [0.05, 0.1) is 4.92 Å². The van der Waals surface area contributed by atoms with Crippen LogP contribution in [0.4, 0.5) is 11.5 Å². The summed E-state index contributed by atoms with van der Waals surface area (Å²) in [7, 11) is 0. The number of anilines is 1. The van der Waals surface area contributed by atoms with Gasteiger partial charge in [0.15, 0.2) is 0 Å². The Labute approximate surface area is 142 Å². The Morgan fingerprint density at radius 3 is 2.72 bits per heavy atom. The van der Waals surface area contributed by atoms with E-state index in [4.69, 9.17) is 4.74 Å². The molecule has 0 spiro atoms. The second kappa shape index (κ2) is 6.00. The van der Waals surface area contributed by atoms with Crippen molar-refractivity contribution in [1.82, 2.24) is 9.55 Å². The number of nitrogens with one attached hydrogen (secondary N) is 1. The fraction of sp³-hybridized carbons (Fsp3) is 0.312. The Hall–Kier alpha value is -3.23. The van der Waals surface area contributed by atoms with Crippen molar-refractivity contribution in [2.45, 2.75) is 26.0 Å². The highest BCUT2D eigenvalue weighted by Crippen LogP contribution is 2.33. The molecule has 0 saturated carbocycles. The maximum Gasteiger partial charge on any atom is 0.345 e. The SMILES string of the molecule is CC1(C)OC(=O)c2c1ccn(CCNc1ccc([N+](=O)[O-])cn1)c2=O. The highest BCUT2D eigenvalue weighted by Gasteiger charge is 2.40. The average molecular weight is 344 g/mol. The summed E-state index contributed by atoms with van der Waals surface area (Å²) in [6.07, 6.45) is 2.78. The van der Waals surface area contributed by atoms with E-state index in [-0.39, 0.29) is 11.3 Å². The molecule has 3 heterocycles. The highest BCUT2D eigenvalue weighted by molar-refractivity contribution is 5.94. The van der Waals surface area contributed by atoms with Crippen LogP contribution in [0.2, 0.25) is 0 Å². The molecular formula is C16H16N4O5. The lowest BCUT2D eigenvalue weighted by Crippen LogP contribution is -2.28. The molecule has 1 aliphatic rings. The molecule has 25 heavy (non-hydrogen) atoms. The summed E-state index contributed by atoms with van der Waals surface area (Å²) < 4.78 is 6.64. The van der Waals surface area contributed by atoms with Crippen LogP contribution >= 0.6 is 0 Å². The van der Waals surface area contributed by atoms with Crippen LogP contribution in [0.5, 0.6) is 0 Å². The maximum absolute atomic E-state index is 12.5. The zero-order chi connectivity index (χ0) is 18.2. The van der Waals surface area contributed by atoms with Crippen molar-refractivity contribution in [3.8, 4) is 0 Å². The van der Waals surface area contributed by atoms with Gasteiger partial charge in [-0.15, -0.1) is 0 Å². The molecule has 0 bridgehead atoms. The molecule has 0 atom stereocenters. The van der Waals surface area contributed by atoms with Crippen LogP contribution in [0.15, 0.2) is 35.4 Å². The third-order valence-corrected chi connectivity index (χ3v) is 3.98. The van der Waals surface area contributed by atoms with Crippen LogP contribution in [0, 0.1) is 10.1 Å². The van der Waals surface area contributed by atoms with E-state index in [0.717, 1.165) is 6.20 Å². The van der Waals surface area contributed by atoms with Gasteiger partial charge in [-0.2, -0.15) is 0 Å². The van der Waals surface area contributed by atoms with Crippen LogP contribution < -0.4 is 10.9 Å². The number of hydrogen-bond donors (Lipinski definition) is 1. The summed E-state index contributed by atoms with van der Waals surface area (Å²) in [6, 6.07) is 4.55. The van der Waals surface area contributed by atoms with Crippen molar-refractivity contribution in [2.75, 3.05) is 11.9 Å². The standard InChI is InChI=1S/C16H16N4O5/c1-16(2)11-5-7-19(14(21)13(11)15(22)25-16)8-6-17-12-4-3-10(9-18-12)20(23)24/h3-5,7,9H,6,8H2,1-2H3,(H,17,18). The van der Waals surface area contributed by atoms with Gasteiger partial charge in [0, 0.05) is 30.9 Å². The molecule has 0 saturated heterocycles. The first kappa shape index (κ1) is 16.6. The van der Waals surface area contributed by atoms with Crippen molar-refractivity contribution in [3.63, 3.8) is 0 Å². The lowest BCUT2D eigenvalue weighted by molar-refractivity contribution is -0.385. The minimum atomic E-state index is -0.800. The zero-order valence-electron chi connectivity index (χ0n) is 13.7. The number of fused-ring (bicyclic) bond motifs is 1. The molecule has 1 N–H and O–H groups in total. The van der Waals surface area contributed by atoms with E-state index in [1.54, 1.807) is 26.1 Å². The van der Waals surface area contributed by atoms with E-state index in [0.29, 0.717) is 24.5 Å². The van der Waals surface area contributed by atoms with E-state index >= 15 is 0 Å². The number of rotatable bonds is 5. The molecule has 9 nitrogen and oxygen atoms in total. The third kappa shape index (κ3) is 3.08. The molecule has 3 rings (SSSR count). The van der Waals surface area contributed by atoms with Gasteiger partial charge >= 0.3 is 5.97 Å². The van der Waals surface area contributed by atoms with Gasteiger partial charge in [0.25, 0.3) is 11.2 Å². The summed E-state index contributed by atoms with van der Waals surface area (Å²) in [5, 5.41) is 13.6. The average Bonchev–Trinajstić information content (AvgIpc) is 2.79. The number of carbonyl (C=O) groups excluding carboxylic acids is 1. The van der Waals surface area contributed by atoms with Crippen molar-refractivity contribution in [3.05, 3.63) is 62.2 Å². The van der Waals surface area contributed by atoms with Gasteiger partial charge in [0.2, 0.25) is 0 Å². The van der Waals surface area contributed by atoms with E-state index < -0.39 is 22.1 Å². The number of ether oxygens (including phenoxy) is 1. The summed E-state index contributed by atoms with van der Waals surface area (Å²) in [6.45, 7) is 4.14. The van der Waals surface area contributed by atoms with Crippen LogP contribution in [0.3, 0.4) is 0 Å². The van der Waals surface area contributed by atoms with Crippen molar-refractivity contribution < 1.29 is 14.5 Å². The van der Waals surface area contributed by atoms with Gasteiger partial charge in [-0.05, 0) is 26.0 Å². The van der Waals surface area contributed by atoms with Crippen molar-refractivity contribution in [1.29, 1.82) is 0 Å². The molecule has 9 heteroatoms. The molecule has 130 valence electrons. The quantitative estimate of drug-likeness (QED) is 0.498. The molecule has 0 amide bonds. The Morgan fingerprint density at radius 2 is 2.08 bits per heavy atom. The molecule has 0 aromatic carbocycles. The fourth-order valence-electron chi connectivity index (χ4n) is 2.69. The number of carbonyl (C=O) groups is 1. The number of pyridine rings is 2. The summed E-state index contributed by atoms with van der Waals surface area (Å²) in [5.74, 6) is -0.148. The third-order valence-electron chi connectivity index (χ3n) is 3.98.